The van der Waals surface area contributed by atoms with Gasteiger partial charge in [0, 0.05) is 12.1 Å². The molecule has 98 valence electrons. The predicted octanol–water partition coefficient (Wildman–Crippen LogP) is 3.28. The summed E-state index contributed by atoms with van der Waals surface area (Å²) in [5.74, 6) is 0. The average molecular weight is 228 g/mol. The van der Waals surface area contributed by atoms with Gasteiger partial charge in [-0.2, -0.15) is 0 Å². The summed E-state index contributed by atoms with van der Waals surface area (Å²) < 4.78 is 0. The Labute approximate surface area is 103 Å². The first kappa shape index (κ1) is 15.9. The van der Waals surface area contributed by atoms with Crippen LogP contribution in [0.1, 0.15) is 60.3 Å². The molecule has 0 rings (SSSR count). The van der Waals surface area contributed by atoms with E-state index in [0.29, 0.717) is 12.1 Å². The van der Waals surface area contributed by atoms with Crippen molar-refractivity contribution in [2.75, 3.05) is 19.6 Å². The van der Waals surface area contributed by atoms with Gasteiger partial charge in [-0.3, -0.25) is 4.90 Å². The summed E-state index contributed by atoms with van der Waals surface area (Å²) in [7, 11) is 0. The highest BCUT2D eigenvalue weighted by Crippen LogP contribution is 2.09. The molecule has 1 N–H and O–H groups in total. The van der Waals surface area contributed by atoms with E-state index in [2.05, 4.69) is 44.8 Å². The van der Waals surface area contributed by atoms with Gasteiger partial charge in [-0.15, -0.1) is 0 Å². The Morgan fingerprint density at radius 1 is 1.06 bits per heavy atom. The number of unbranched alkanes of at least 4 members (excludes halogenated alkanes) is 1. The molecule has 0 bridgehead atoms. The highest BCUT2D eigenvalue weighted by molar-refractivity contribution is 4.79. The third kappa shape index (κ3) is 5.86. The quantitative estimate of drug-likeness (QED) is 0.617. The molecule has 0 amide bonds. The molecule has 16 heavy (non-hydrogen) atoms. The van der Waals surface area contributed by atoms with Crippen molar-refractivity contribution in [1.82, 2.24) is 10.2 Å². The van der Waals surface area contributed by atoms with Gasteiger partial charge >= 0.3 is 0 Å². The molecule has 2 atom stereocenters. The Morgan fingerprint density at radius 2 is 1.75 bits per heavy atom. The molecule has 2 heteroatoms. The van der Waals surface area contributed by atoms with Crippen LogP contribution in [0, 0.1) is 0 Å². The summed E-state index contributed by atoms with van der Waals surface area (Å²) in [5.41, 5.74) is 0. The Balaban J connectivity index is 4.14. The molecule has 0 spiro atoms. The van der Waals surface area contributed by atoms with Crippen LogP contribution < -0.4 is 5.32 Å². The second kappa shape index (κ2) is 10.1. The zero-order chi connectivity index (χ0) is 12.4. The molecule has 2 nitrogen and oxygen atoms in total. The number of nitrogens with zero attached hydrogens (tertiary/aromatic N) is 1. The van der Waals surface area contributed by atoms with E-state index in [1.807, 2.05) is 0 Å². The molecule has 0 saturated carbocycles. The number of hydrogen-bond acceptors (Lipinski definition) is 2. The highest BCUT2D eigenvalue weighted by Gasteiger charge is 2.19. The lowest BCUT2D eigenvalue weighted by molar-refractivity contribution is 0.172. The third-order valence-corrected chi connectivity index (χ3v) is 3.46. The smallest absolute Gasteiger partial charge is 0.0220 e. The van der Waals surface area contributed by atoms with Gasteiger partial charge in [-0.05, 0) is 45.8 Å². The van der Waals surface area contributed by atoms with Crippen molar-refractivity contribution in [3.63, 3.8) is 0 Å². The van der Waals surface area contributed by atoms with Crippen LogP contribution >= 0.6 is 0 Å². The summed E-state index contributed by atoms with van der Waals surface area (Å²) >= 11 is 0. The standard InChI is InChI=1S/C14H32N2/c1-6-10-12-16(9-4)13(5)14(8-3)15-11-7-2/h13-15H,6-12H2,1-5H3. The largest absolute Gasteiger partial charge is 0.312 e. The van der Waals surface area contributed by atoms with E-state index in [0.717, 1.165) is 6.54 Å². The number of rotatable bonds is 10. The Morgan fingerprint density at radius 3 is 2.19 bits per heavy atom. The predicted molar refractivity (Wildman–Crippen MR) is 74.0 cm³/mol. The molecule has 0 aromatic carbocycles. The Bertz CT molecular complexity index is 132. The fourth-order valence-electron chi connectivity index (χ4n) is 2.25. The zero-order valence-corrected chi connectivity index (χ0v) is 12.1. The van der Waals surface area contributed by atoms with Gasteiger partial charge in [-0.25, -0.2) is 0 Å². The molecule has 2 unspecified atom stereocenters. The van der Waals surface area contributed by atoms with Crippen LogP contribution in [-0.4, -0.2) is 36.6 Å². The monoisotopic (exact) mass is 228 g/mol. The number of nitrogens with one attached hydrogen (secondary N) is 1. The molecule has 0 aliphatic heterocycles. The van der Waals surface area contributed by atoms with Crippen LogP contribution in [0.2, 0.25) is 0 Å². The van der Waals surface area contributed by atoms with Crippen LogP contribution in [0.15, 0.2) is 0 Å². The summed E-state index contributed by atoms with van der Waals surface area (Å²) in [6.45, 7) is 15.0. The SMILES string of the molecule is CCCCN(CC)C(C)C(CC)NCCC. The fourth-order valence-corrected chi connectivity index (χ4v) is 2.25. The van der Waals surface area contributed by atoms with Crippen LogP contribution in [0.25, 0.3) is 0 Å². The van der Waals surface area contributed by atoms with Crippen LogP contribution in [0.5, 0.6) is 0 Å². The Hall–Kier alpha value is -0.0800. The lowest BCUT2D eigenvalue weighted by atomic mass is 10.0. The van der Waals surface area contributed by atoms with Crippen molar-refractivity contribution < 1.29 is 0 Å². The summed E-state index contributed by atoms with van der Waals surface area (Å²) in [5, 5.41) is 3.67. The zero-order valence-electron chi connectivity index (χ0n) is 12.1. The lowest BCUT2D eigenvalue weighted by Gasteiger charge is -2.34. The van der Waals surface area contributed by atoms with Crippen molar-refractivity contribution in [2.24, 2.45) is 0 Å². The molecule has 0 fully saturated rings. The molecule has 0 aliphatic rings. The van der Waals surface area contributed by atoms with Gasteiger partial charge in [0.05, 0.1) is 0 Å². The van der Waals surface area contributed by atoms with E-state index in [1.165, 1.54) is 38.8 Å². The molecule has 0 aromatic rings. The van der Waals surface area contributed by atoms with Gasteiger partial charge < -0.3 is 5.32 Å². The van der Waals surface area contributed by atoms with E-state index in [4.69, 9.17) is 0 Å². The molecule has 0 aliphatic carbocycles. The summed E-state index contributed by atoms with van der Waals surface area (Å²) in [6, 6.07) is 1.31. The maximum absolute atomic E-state index is 3.67. The van der Waals surface area contributed by atoms with Crippen LogP contribution in [-0.2, 0) is 0 Å². The Kier molecular flexibility index (Phi) is 10.0. The first-order valence-corrected chi connectivity index (χ1v) is 7.18. The normalized spacial score (nSPS) is 15.4. The van der Waals surface area contributed by atoms with Crippen molar-refractivity contribution in [3.05, 3.63) is 0 Å². The minimum atomic E-state index is 0.650. The lowest BCUT2D eigenvalue weighted by Crippen LogP contribution is -2.48. The van der Waals surface area contributed by atoms with Crippen LogP contribution in [0.3, 0.4) is 0 Å². The van der Waals surface area contributed by atoms with Crippen molar-refractivity contribution in [3.8, 4) is 0 Å². The van der Waals surface area contributed by atoms with E-state index in [1.54, 1.807) is 0 Å². The average Bonchev–Trinajstić information content (AvgIpc) is 2.31. The third-order valence-electron chi connectivity index (χ3n) is 3.46. The van der Waals surface area contributed by atoms with Gasteiger partial charge in [-0.1, -0.05) is 34.1 Å². The van der Waals surface area contributed by atoms with Gasteiger partial charge in [0.1, 0.15) is 0 Å². The van der Waals surface area contributed by atoms with Crippen molar-refractivity contribution >= 4 is 0 Å². The topological polar surface area (TPSA) is 15.3 Å². The second-order valence-corrected chi connectivity index (χ2v) is 4.69. The molecular weight excluding hydrogens is 196 g/mol. The van der Waals surface area contributed by atoms with Crippen LogP contribution in [0.4, 0.5) is 0 Å². The molecule has 0 aromatic heterocycles. The minimum absolute atomic E-state index is 0.650. The van der Waals surface area contributed by atoms with Crippen molar-refractivity contribution in [2.45, 2.75) is 72.4 Å². The summed E-state index contributed by atoms with van der Waals surface area (Å²) in [6.07, 6.45) is 5.07. The van der Waals surface area contributed by atoms with E-state index >= 15 is 0 Å². The van der Waals surface area contributed by atoms with E-state index in [9.17, 15) is 0 Å². The first-order chi connectivity index (χ1) is 7.71. The number of likely N-dealkylation sites (N-methyl/N-ethyl adjacent to an activating group) is 1. The van der Waals surface area contributed by atoms with Crippen molar-refractivity contribution in [1.29, 1.82) is 0 Å². The van der Waals surface area contributed by atoms with E-state index < -0.39 is 0 Å². The van der Waals surface area contributed by atoms with Gasteiger partial charge in [0.2, 0.25) is 0 Å². The van der Waals surface area contributed by atoms with E-state index in [-0.39, 0.29) is 0 Å². The van der Waals surface area contributed by atoms with Gasteiger partial charge in [0.15, 0.2) is 0 Å². The molecular formula is C14H32N2. The molecule has 0 saturated heterocycles. The molecule has 0 heterocycles. The fraction of sp³-hybridized carbons (Fsp3) is 1.00. The second-order valence-electron chi connectivity index (χ2n) is 4.69. The maximum atomic E-state index is 3.67. The highest BCUT2D eigenvalue weighted by atomic mass is 15.2. The van der Waals surface area contributed by atoms with Gasteiger partial charge in [0.25, 0.3) is 0 Å². The number of hydrogen-bond donors (Lipinski definition) is 1. The first-order valence-electron chi connectivity index (χ1n) is 7.18. The molecule has 0 radical (unpaired) electrons. The maximum Gasteiger partial charge on any atom is 0.0220 e. The summed E-state index contributed by atoms with van der Waals surface area (Å²) in [4.78, 5) is 2.61. The minimum Gasteiger partial charge on any atom is -0.312 e.